The van der Waals surface area contributed by atoms with E-state index in [9.17, 15) is 8.42 Å². The minimum Gasteiger partial charge on any atom is -0.264 e. The average Bonchev–Trinajstić information content (AvgIpc) is 2.24. The molecule has 0 saturated carbocycles. The number of hydrogen-bond donors (Lipinski definition) is 1. The molecule has 4 nitrogen and oxygen atoms in total. The minimum atomic E-state index is -4.23. The molecule has 0 aliphatic heterocycles. The van der Waals surface area contributed by atoms with Crippen molar-refractivity contribution in [3.63, 3.8) is 0 Å². The van der Waals surface area contributed by atoms with Crippen molar-refractivity contribution in [3.05, 3.63) is 0 Å². The molecule has 0 aromatic heterocycles. The average molecular weight is 325 g/mol. The zero-order valence-electron chi connectivity index (χ0n) is 11.2. The standard InChI is InChI=1S/C12H26O4S.Ni/c1-2-3-4-5-6-7-8-9-10-11-12-16-17(13,14)15;/h2-12H2,1H3,(H,13,14,15);. The van der Waals surface area contributed by atoms with Crippen molar-refractivity contribution in [3.8, 4) is 0 Å². The molecule has 0 radical (unpaired) electrons. The van der Waals surface area contributed by atoms with Gasteiger partial charge in [0.25, 0.3) is 0 Å². The molecule has 1 N–H and O–H groups in total. The maximum absolute atomic E-state index is 10.2. The fourth-order valence-corrected chi connectivity index (χ4v) is 2.08. The van der Waals surface area contributed by atoms with Gasteiger partial charge in [-0.2, -0.15) is 8.42 Å². The van der Waals surface area contributed by atoms with Crippen LogP contribution >= 0.6 is 0 Å². The van der Waals surface area contributed by atoms with E-state index in [2.05, 4.69) is 11.1 Å². The summed E-state index contributed by atoms with van der Waals surface area (Å²) in [6.07, 6.45) is 11.9. The predicted molar refractivity (Wildman–Crippen MR) is 69.3 cm³/mol. The Morgan fingerprint density at radius 2 is 1.22 bits per heavy atom. The summed E-state index contributed by atoms with van der Waals surface area (Å²) in [7, 11) is -4.23. The fourth-order valence-electron chi connectivity index (χ4n) is 1.75. The van der Waals surface area contributed by atoms with Crippen LogP contribution in [-0.4, -0.2) is 19.6 Å². The smallest absolute Gasteiger partial charge is 0.264 e. The third-order valence-corrected chi connectivity index (χ3v) is 3.19. The van der Waals surface area contributed by atoms with Gasteiger partial charge in [0.1, 0.15) is 0 Å². The molecule has 0 aromatic rings. The van der Waals surface area contributed by atoms with E-state index in [0.29, 0.717) is 6.42 Å². The Kier molecular flexibility index (Phi) is 15.8. The number of rotatable bonds is 12. The zero-order valence-corrected chi connectivity index (χ0v) is 13.0. The van der Waals surface area contributed by atoms with Gasteiger partial charge < -0.3 is 0 Å². The molecule has 0 aliphatic carbocycles. The Morgan fingerprint density at radius 1 is 0.833 bits per heavy atom. The van der Waals surface area contributed by atoms with Crippen LogP contribution in [0.25, 0.3) is 0 Å². The van der Waals surface area contributed by atoms with Gasteiger partial charge in [-0.3, -0.25) is 4.55 Å². The van der Waals surface area contributed by atoms with Crippen molar-refractivity contribution in [2.75, 3.05) is 6.61 Å². The van der Waals surface area contributed by atoms with Crippen LogP contribution in [0.3, 0.4) is 0 Å². The Morgan fingerprint density at radius 3 is 1.61 bits per heavy atom. The molecule has 0 spiro atoms. The third kappa shape index (κ3) is 18.7. The first-order valence-electron chi connectivity index (χ1n) is 6.68. The molecule has 0 saturated heterocycles. The molecule has 6 heteroatoms. The SMILES string of the molecule is CCCCCCCCCCCCOS(=O)(=O)O.[Ni]. The van der Waals surface area contributed by atoms with Crippen molar-refractivity contribution in [2.24, 2.45) is 0 Å². The van der Waals surface area contributed by atoms with Crippen molar-refractivity contribution >= 4 is 10.4 Å². The van der Waals surface area contributed by atoms with Crippen LogP contribution in [-0.2, 0) is 31.1 Å². The Labute approximate surface area is 122 Å². The van der Waals surface area contributed by atoms with Gasteiger partial charge in [0.15, 0.2) is 0 Å². The predicted octanol–water partition coefficient (Wildman–Crippen LogP) is 3.72. The molecule has 0 fully saturated rings. The Hall–Kier alpha value is 0.364. The first kappa shape index (κ1) is 20.7. The van der Waals surface area contributed by atoms with Crippen LogP contribution in [0.4, 0.5) is 0 Å². The van der Waals surface area contributed by atoms with Crippen molar-refractivity contribution in [2.45, 2.75) is 71.1 Å². The molecule has 0 bridgehead atoms. The summed E-state index contributed by atoms with van der Waals surface area (Å²) in [4.78, 5) is 0. The second-order valence-electron chi connectivity index (χ2n) is 4.43. The van der Waals surface area contributed by atoms with Gasteiger partial charge >= 0.3 is 10.4 Å². The molecule has 0 aliphatic rings. The molecule has 0 amide bonds. The normalized spacial score (nSPS) is 11.2. The molecule has 0 unspecified atom stereocenters. The van der Waals surface area contributed by atoms with Gasteiger partial charge in [0.05, 0.1) is 6.61 Å². The van der Waals surface area contributed by atoms with Crippen molar-refractivity contribution in [1.82, 2.24) is 0 Å². The minimum absolute atomic E-state index is 0. The molecule has 0 heterocycles. The van der Waals surface area contributed by atoms with Crippen molar-refractivity contribution in [1.29, 1.82) is 0 Å². The van der Waals surface area contributed by atoms with E-state index in [-0.39, 0.29) is 23.1 Å². The van der Waals surface area contributed by atoms with Crippen LogP contribution < -0.4 is 0 Å². The van der Waals surface area contributed by atoms with Gasteiger partial charge in [0, 0.05) is 16.5 Å². The number of hydrogen-bond acceptors (Lipinski definition) is 3. The first-order valence-corrected chi connectivity index (χ1v) is 8.04. The largest absolute Gasteiger partial charge is 0.397 e. The molecular weight excluding hydrogens is 299 g/mol. The maximum atomic E-state index is 10.2. The van der Waals surface area contributed by atoms with Crippen LogP contribution in [0.15, 0.2) is 0 Å². The molecular formula is C12H26NiO4S. The molecule has 114 valence electrons. The van der Waals surface area contributed by atoms with Gasteiger partial charge in [-0.05, 0) is 6.42 Å². The van der Waals surface area contributed by atoms with E-state index in [4.69, 9.17) is 4.55 Å². The second kappa shape index (κ2) is 13.8. The van der Waals surface area contributed by atoms with E-state index in [1.165, 1.54) is 44.9 Å². The Balaban J connectivity index is 0. The summed E-state index contributed by atoms with van der Waals surface area (Å²) < 4.78 is 33.0. The monoisotopic (exact) mass is 324 g/mol. The van der Waals surface area contributed by atoms with Crippen LogP contribution in [0.5, 0.6) is 0 Å². The first-order chi connectivity index (χ1) is 8.06. The molecule has 0 atom stereocenters. The van der Waals surface area contributed by atoms with E-state index in [0.717, 1.165) is 12.8 Å². The second-order valence-corrected chi connectivity index (χ2v) is 5.52. The molecule has 18 heavy (non-hydrogen) atoms. The molecule has 0 rings (SSSR count). The Bertz CT molecular complexity index is 255. The van der Waals surface area contributed by atoms with E-state index < -0.39 is 10.4 Å². The summed E-state index contributed by atoms with van der Waals surface area (Å²) in [5.74, 6) is 0. The van der Waals surface area contributed by atoms with Gasteiger partial charge in [-0.25, -0.2) is 4.18 Å². The zero-order chi connectivity index (χ0) is 13.0. The summed E-state index contributed by atoms with van der Waals surface area (Å²) in [5.41, 5.74) is 0. The summed E-state index contributed by atoms with van der Waals surface area (Å²) in [6.45, 7) is 2.31. The number of unbranched alkanes of at least 4 members (excludes halogenated alkanes) is 9. The third-order valence-electron chi connectivity index (χ3n) is 2.73. The van der Waals surface area contributed by atoms with Crippen LogP contribution in [0.1, 0.15) is 71.1 Å². The van der Waals surface area contributed by atoms with Gasteiger partial charge in [-0.1, -0.05) is 64.7 Å². The summed E-state index contributed by atoms with van der Waals surface area (Å²) in [5, 5.41) is 0. The van der Waals surface area contributed by atoms with Gasteiger partial charge in [-0.15, -0.1) is 0 Å². The summed E-state index contributed by atoms with van der Waals surface area (Å²) >= 11 is 0. The molecule has 0 aromatic carbocycles. The van der Waals surface area contributed by atoms with Crippen molar-refractivity contribution < 1.29 is 33.6 Å². The van der Waals surface area contributed by atoms with E-state index >= 15 is 0 Å². The van der Waals surface area contributed by atoms with E-state index in [1.807, 2.05) is 0 Å². The van der Waals surface area contributed by atoms with E-state index in [1.54, 1.807) is 0 Å². The summed E-state index contributed by atoms with van der Waals surface area (Å²) in [6, 6.07) is 0. The van der Waals surface area contributed by atoms with Crippen LogP contribution in [0, 0.1) is 0 Å². The quantitative estimate of drug-likeness (QED) is 0.337. The topological polar surface area (TPSA) is 63.6 Å². The maximum Gasteiger partial charge on any atom is 0.397 e. The van der Waals surface area contributed by atoms with Crippen LogP contribution in [0.2, 0.25) is 0 Å². The van der Waals surface area contributed by atoms with Gasteiger partial charge in [0.2, 0.25) is 0 Å². The fraction of sp³-hybridized carbons (Fsp3) is 1.00.